The topological polar surface area (TPSA) is 66.0 Å². The quantitative estimate of drug-likeness (QED) is 0.848. The summed E-state index contributed by atoms with van der Waals surface area (Å²) < 4.78 is 1.32. The molecule has 0 saturated heterocycles. The number of pyridine rings is 1. The van der Waals surface area contributed by atoms with Gasteiger partial charge in [0.05, 0.1) is 0 Å². The summed E-state index contributed by atoms with van der Waals surface area (Å²) in [6.07, 6.45) is 4.00. The number of aliphatic hydroxyl groups is 1. The van der Waals surface area contributed by atoms with Gasteiger partial charge in [0.15, 0.2) is 0 Å². The molecule has 1 aromatic heterocycles. The molecule has 1 atom stereocenters. The maximum Gasteiger partial charge on any atom is 4.00 e. The molecule has 88 valence electrons. The smallest absolute Gasteiger partial charge is 0.705 e. The van der Waals surface area contributed by atoms with Crippen LogP contribution >= 0.6 is 0 Å². The number of nitrogens with one attached hydrogen (secondary N) is 1. The van der Waals surface area contributed by atoms with Crippen LogP contribution in [0, 0.1) is 21.5 Å². The predicted octanol–water partition coefficient (Wildman–Crippen LogP) is 2.39. The minimum atomic E-state index is -0.564. The molecule has 5 heteroatoms. The van der Waals surface area contributed by atoms with E-state index >= 15 is 0 Å². The van der Waals surface area contributed by atoms with Crippen molar-refractivity contribution in [3.8, 4) is 0 Å². The Morgan fingerprint density at radius 1 is 1.44 bits per heavy atom. The van der Waals surface area contributed by atoms with Crippen molar-refractivity contribution >= 4 is 0 Å². The van der Waals surface area contributed by atoms with E-state index < -0.39 is 6.04 Å². The van der Waals surface area contributed by atoms with Gasteiger partial charge in [-0.15, -0.1) is 6.08 Å². The van der Waals surface area contributed by atoms with Crippen LogP contribution in [0.3, 0.4) is 0 Å². The summed E-state index contributed by atoms with van der Waals surface area (Å²) in [7, 11) is 0. The van der Waals surface area contributed by atoms with Crippen LogP contribution in [0.1, 0.15) is 6.04 Å². The molecule has 0 saturated carbocycles. The minimum Gasteiger partial charge on any atom is -0.705 e. The van der Waals surface area contributed by atoms with E-state index in [0.29, 0.717) is 0 Å². The molecule has 0 aromatic carbocycles. The molecule has 0 radical (unpaired) electrons. The first-order valence-corrected chi connectivity index (χ1v) is 3.78. The van der Waals surface area contributed by atoms with Gasteiger partial charge in [-0.2, -0.15) is 12.8 Å². The maximum atomic E-state index is 11.2. The van der Waals surface area contributed by atoms with Crippen LogP contribution in [0.4, 0.5) is 0 Å². The van der Waals surface area contributed by atoms with Crippen LogP contribution in [0.2, 0.25) is 0 Å². The number of aliphatic hydroxyl groups excluding tert-OH is 1. The average Bonchev–Trinajstić information content (AvgIpc) is 2.16. The second kappa shape index (κ2) is 10.5. The summed E-state index contributed by atoms with van der Waals surface area (Å²) in [6, 6.07) is 4.15. The fraction of sp³-hybridized carbons (Fsp3) is 0.0909. The van der Waals surface area contributed by atoms with Crippen LogP contribution in [-0.2, 0) is 17.4 Å². The normalized spacial score (nSPS) is 10.8. The molecule has 0 aliphatic heterocycles. The molecule has 0 aliphatic rings. The summed E-state index contributed by atoms with van der Waals surface area (Å²) in [5.74, 6) is 0. The summed E-state index contributed by atoms with van der Waals surface area (Å²) in [5, 5.41) is 8.82. The zero-order valence-electron chi connectivity index (χ0n) is 9.33. The Hall–Kier alpha value is -1.02. The maximum absolute atomic E-state index is 11.2. The molecule has 1 rings (SSSR count). The van der Waals surface area contributed by atoms with E-state index in [4.69, 9.17) is 10.8 Å². The van der Waals surface area contributed by atoms with Gasteiger partial charge in [0.25, 0.3) is 0 Å². The van der Waals surface area contributed by atoms with E-state index in [-0.39, 0.29) is 37.8 Å². The molecule has 4 nitrogen and oxygen atoms in total. The number of hydrogen-bond acceptors (Lipinski definition) is 2. The minimum absolute atomic E-state index is 0. The van der Waals surface area contributed by atoms with E-state index in [1.807, 2.05) is 0 Å². The molecule has 0 aliphatic carbocycles. The second-order valence-corrected chi connectivity index (χ2v) is 2.44. The predicted molar refractivity (Wildman–Crippen MR) is 62.3 cm³/mol. The Balaban J connectivity index is -0.000000563. The van der Waals surface area contributed by atoms with Crippen molar-refractivity contribution in [2.45, 2.75) is 6.04 Å². The van der Waals surface area contributed by atoms with Crippen LogP contribution < -0.4 is 5.56 Å². The molecule has 1 aromatic rings. The number of rotatable bonds is 3. The first-order chi connectivity index (χ1) is 6.29. The molecule has 0 fully saturated rings. The third kappa shape index (κ3) is 5.17. The van der Waals surface area contributed by atoms with Crippen molar-refractivity contribution in [1.29, 1.82) is 0 Å². The van der Waals surface area contributed by atoms with Gasteiger partial charge in [0.2, 0.25) is 5.56 Å². The van der Waals surface area contributed by atoms with Crippen molar-refractivity contribution < 1.29 is 22.5 Å². The van der Waals surface area contributed by atoms with Gasteiger partial charge in [0.1, 0.15) is 0 Å². The van der Waals surface area contributed by atoms with Crippen LogP contribution in [-0.4, -0.2) is 9.67 Å². The summed E-state index contributed by atoms with van der Waals surface area (Å²) in [5.41, 5.74) is 6.62. The van der Waals surface area contributed by atoms with Crippen molar-refractivity contribution in [3.63, 3.8) is 0 Å². The second-order valence-electron chi connectivity index (χ2n) is 2.44. The molecule has 16 heavy (non-hydrogen) atoms. The summed E-state index contributed by atoms with van der Waals surface area (Å²) in [6.45, 7) is 0.867. The molecule has 1 unspecified atom stereocenters. The number of hydrogen-bond donors (Lipinski definition) is 1. The number of nitrogens with zero attached hydrogens (tertiary/aromatic N) is 1. The Bertz CT molecular complexity index is 350. The van der Waals surface area contributed by atoms with Gasteiger partial charge in [-0.05, 0) is 12.1 Å². The van der Waals surface area contributed by atoms with Gasteiger partial charge < -0.3 is 30.3 Å². The van der Waals surface area contributed by atoms with Gasteiger partial charge in [-0.1, -0.05) is 6.07 Å². The van der Waals surface area contributed by atoms with E-state index in [1.165, 1.54) is 16.7 Å². The van der Waals surface area contributed by atoms with Crippen molar-refractivity contribution in [2.75, 3.05) is 0 Å². The Kier molecular flexibility index (Phi) is 13.4. The Labute approximate surface area is 108 Å². The molecule has 1 heterocycles. The van der Waals surface area contributed by atoms with Crippen LogP contribution in [0.5, 0.6) is 0 Å². The summed E-state index contributed by atoms with van der Waals surface area (Å²) >= 11 is 0. The van der Waals surface area contributed by atoms with Crippen molar-refractivity contribution in [1.82, 2.24) is 4.57 Å². The first-order valence-electron chi connectivity index (χ1n) is 3.78. The van der Waals surface area contributed by atoms with Crippen LogP contribution in [0.15, 0.2) is 41.5 Å². The largest absolute Gasteiger partial charge is 4.00 e. The monoisotopic (exact) mass is 260 g/mol. The Morgan fingerprint density at radius 2 is 2.06 bits per heavy atom. The third-order valence-electron chi connectivity index (χ3n) is 1.62. The fourth-order valence-electron chi connectivity index (χ4n) is 0.999. The molecule has 2 N–H and O–H groups in total. The molecule has 0 bridgehead atoms. The Morgan fingerprint density at radius 3 is 2.50 bits per heavy atom. The molecule has 0 amide bonds. The van der Waals surface area contributed by atoms with E-state index in [1.54, 1.807) is 18.3 Å². The summed E-state index contributed by atoms with van der Waals surface area (Å²) in [4.78, 5) is 11.2. The molecular weight excluding hydrogens is 244 g/mol. The van der Waals surface area contributed by atoms with Crippen molar-refractivity contribution in [3.05, 3.63) is 74.2 Å². The number of aromatic nitrogens is 1. The third-order valence-corrected chi connectivity index (χ3v) is 1.62. The van der Waals surface area contributed by atoms with E-state index in [9.17, 15) is 4.79 Å². The van der Waals surface area contributed by atoms with Gasteiger partial charge in [-0.25, -0.2) is 0 Å². The van der Waals surface area contributed by atoms with Gasteiger partial charge in [0, 0.05) is 12.3 Å². The first kappa shape index (κ1) is 20.4. The van der Waals surface area contributed by atoms with E-state index in [2.05, 4.69) is 0 Å². The zero-order valence-corrected chi connectivity index (χ0v) is 10.6. The fourth-order valence-corrected chi connectivity index (χ4v) is 0.999. The van der Waals surface area contributed by atoms with Gasteiger partial charge in [-0.3, -0.25) is 4.79 Å². The van der Waals surface area contributed by atoms with Crippen molar-refractivity contribution in [2.24, 2.45) is 0 Å². The van der Waals surface area contributed by atoms with E-state index in [0.717, 1.165) is 12.8 Å². The van der Waals surface area contributed by atoms with Gasteiger partial charge >= 0.3 is 17.4 Å². The molecular formula is C11H16CrN2O2. The standard InChI is InChI=1S/C9H10N2O2.2CH3.Cr/c10-5-4-8(7-12)11-6-2-1-3-9(11)13;;;/h1-8,10,12H;2*1H3;/q-2;2*-1;+4/b5-4-;;;. The average molecular weight is 260 g/mol. The zero-order chi connectivity index (χ0) is 9.68. The molecule has 0 spiro atoms. The van der Waals surface area contributed by atoms with Crippen LogP contribution in [0.25, 0.3) is 5.73 Å². The SMILES string of the molecule is [CH3-].[CH3-].[Cr+4].[NH-]/C=C\C([CH-]O)n1ccccc1=O.